The smallest absolute Gasteiger partial charge is 0.323 e. The Morgan fingerprint density at radius 3 is 2.06 bits per heavy atom. The highest BCUT2D eigenvalue weighted by molar-refractivity contribution is 6.02. The topological polar surface area (TPSA) is 81.7 Å². The first-order valence-corrected chi connectivity index (χ1v) is 11.3. The van der Waals surface area contributed by atoms with Crippen LogP contribution in [0, 0.1) is 24.6 Å². The van der Waals surface area contributed by atoms with Crippen molar-refractivity contribution in [2.24, 2.45) is 11.8 Å². The molecule has 6 nitrogen and oxygen atoms in total. The van der Waals surface area contributed by atoms with Crippen molar-refractivity contribution >= 4 is 29.1 Å². The fourth-order valence-corrected chi connectivity index (χ4v) is 3.62. The summed E-state index contributed by atoms with van der Waals surface area (Å²) in [6, 6.07) is 9.09. The average molecular weight is 458 g/mol. The number of aliphatic carboxylic acids is 1. The zero-order valence-electron chi connectivity index (χ0n) is 20.6. The van der Waals surface area contributed by atoms with E-state index in [1.54, 1.807) is 26.8 Å². The number of carboxylic acids is 1. The maximum absolute atomic E-state index is 13.4. The van der Waals surface area contributed by atoms with Crippen molar-refractivity contribution in [1.29, 1.82) is 0 Å². The zero-order valence-corrected chi connectivity index (χ0v) is 20.6. The minimum atomic E-state index is -1.13. The van der Waals surface area contributed by atoms with Crippen LogP contribution in [0.5, 0.6) is 0 Å². The van der Waals surface area contributed by atoms with Crippen LogP contribution < -0.4 is 15.5 Å². The van der Waals surface area contributed by atoms with Crippen LogP contribution in [-0.2, 0) is 10.2 Å². The lowest BCUT2D eigenvalue weighted by Gasteiger charge is -2.31. The number of carboxylic acid groups (broad SMARTS) is 1. The third-order valence-electron chi connectivity index (χ3n) is 5.45. The number of rotatable bonds is 9. The minimum Gasteiger partial charge on any atom is -0.481 e. The summed E-state index contributed by atoms with van der Waals surface area (Å²) in [6.07, 6.45) is 0. The molecule has 0 heterocycles. The quantitative estimate of drug-likeness (QED) is 0.415. The molecule has 0 atom stereocenters. The van der Waals surface area contributed by atoms with Crippen molar-refractivity contribution in [2.45, 2.75) is 53.9 Å². The lowest BCUT2D eigenvalue weighted by Crippen LogP contribution is -2.33. The van der Waals surface area contributed by atoms with Crippen LogP contribution in [0.25, 0.3) is 0 Å². The molecule has 0 aromatic heterocycles. The number of nitrogens with one attached hydrogen (secondary N) is 2. The molecule has 0 radical (unpaired) electrons. The molecule has 33 heavy (non-hydrogen) atoms. The molecule has 0 aliphatic rings. The molecule has 0 aliphatic heterocycles. The van der Waals surface area contributed by atoms with Gasteiger partial charge in [0.2, 0.25) is 0 Å². The van der Waals surface area contributed by atoms with Gasteiger partial charge in [-0.1, -0.05) is 33.8 Å². The Kier molecular flexibility index (Phi) is 8.47. The van der Waals surface area contributed by atoms with Gasteiger partial charge in [0.05, 0.1) is 16.8 Å². The van der Waals surface area contributed by atoms with Crippen LogP contribution >= 0.6 is 0 Å². The largest absolute Gasteiger partial charge is 0.481 e. The van der Waals surface area contributed by atoms with Crippen LogP contribution in [0.3, 0.4) is 0 Å². The van der Waals surface area contributed by atoms with E-state index in [0.29, 0.717) is 34.3 Å². The molecule has 2 rings (SSSR count). The van der Waals surface area contributed by atoms with E-state index in [1.165, 1.54) is 18.2 Å². The average Bonchev–Trinajstić information content (AvgIpc) is 2.68. The van der Waals surface area contributed by atoms with Gasteiger partial charge in [0, 0.05) is 18.8 Å². The molecule has 0 aliphatic carbocycles. The van der Waals surface area contributed by atoms with Gasteiger partial charge in [0.25, 0.3) is 0 Å². The number of nitrogens with zero attached hydrogens (tertiary/aromatic N) is 1. The molecule has 2 amide bonds. The van der Waals surface area contributed by atoms with E-state index in [-0.39, 0.29) is 5.82 Å². The number of hydrogen-bond donors (Lipinski definition) is 3. The van der Waals surface area contributed by atoms with Crippen LogP contribution in [0.4, 0.5) is 26.2 Å². The summed E-state index contributed by atoms with van der Waals surface area (Å²) >= 11 is 0. The van der Waals surface area contributed by atoms with Gasteiger partial charge in [-0.3, -0.25) is 4.79 Å². The van der Waals surface area contributed by atoms with Crippen molar-refractivity contribution in [3.63, 3.8) is 0 Å². The first-order chi connectivity index (χ1) is 15.3. The van der Waals surface area contributed by atoms with Crippen LogP contribution in [-0.4, -0.2) is 30.2 Å². The summed E-state index contributed by atoms with van der Waals surface area (Å²) in [5, 5.41) is 15.4. The highest BCUT2D eigenvalue weighted by atomic mass is 19.1. The Balaban J connectivity index is 2.47. The fraction of sp³-hybridized carbons (Fsp3) is 0.462. The van der Waals surface area contributed by atoms with Crippen LogP contribution in [0.2, 0.25) is 0 Å². The van der Waals surface area contributed by atoms with E-state index in [4.69, 9.17) is 0 Å². The van der Waals surface area contributed by atoms with Gasteiger partial charge >= 0.3 is 12.0 Å². The number of aryl methyl sites for hydroxylation is 1. The molecule has 2 aromatic carbocycles. The molecule has 0 saturated heterocycles. The highest BCUT2D eigenvalue weighted by Crippen LogP contribution is 2.34. The van der Waals surface area contributed by atoms with Gasteiger partial charge in [-0.2, -0.15) is 0 Å². The minimum absolute atomic E-state index is 0.373. The number of amides is 2. The maximum atomic E-state index is 13.4. The van der Waals surface area contributed by atoms with E-state index in [0.717, 1.165) is 18.8 Å². The molecular weight excluding hydrogens is 421 g/mol. The standard InChI is InChI=1S/C26H36FN3O3/c1-16(2)14-30(15-17(3)4)23-11-8-19(26(6,7)24(31)32)13-22(23)29-25(33)28-21-10-9-20(27)12-18(21)5/h8-13,16-17H,14-15H2,1-7H3,(H,31,32)(H2,28,29,33). The molecule has 0 spiro atoms. The lowest BCUT2D eigenvalue weighted by atomic mass is 9.84. The second-order valence-electron chi connectivity index (χ2n) is 9.89. The van der Waals surface area contributed by atoms with Crippen molar-refractivity contribution in [3.05, 3.63) is 53.3 Å². The van der Waals surface area contributed by atoms with E-state index >= 15 is 0 Å². The number of anilines is 3. The van der Waals surface area contributed by atoms with Gasteiger partial charge in [-0.15, -0.1) is 0 Å². The summed E-state index contributed by atoms with van der Waals surface area (Å²) in [5.41, 5.74) is 1.92. The third kappa shape index (κ3) is 6.94. The lowest BCUT2D eigenvalue weighted by molar-refractivity contribution is -0.142. The molecule has 180 valence electrons. The van der Waals surface area contributed by atoms with Gasteiger partial charge in [0.1, 0.15) is 5.82 Å². The molecule has 3 N–H and O–H groups in total. The maximum Gasteiger partial charge on any atom is 0.323 e. The Bertz CT molecular complexity index is 992. The summed E-state index contributed by atoms with van der Waals surface area (Å²) in [7, 11) is 0. The number of urea groups is 1. The normalized spacial score (nSPS) is 11.6. The van der Waals surface area contributed by atoms with E-state index in [2.05, 4.69) is 43.2 Å². The van der Waals surface area contributed by atoms with Gasteiger partial charge in [-0.25, -0.2) is 9.18 Å². The Labute approximate surface area is 196 Å². The summed E-state index contributed by atoms with van der Waals surface area (Å²) in [6.45, 7) is 15.1. The van der Waals surface area contributed by atoms with Crippen molar-refractivity contribution in [2.75, 3.05) is 28.6 Å². The first kappa shape index (κ1) is 26.2. The van der Waals surface area contributed by atoms with E-state index in [1.807, 2.05) is 12.1 Å². The Morgan fingerprint density at radius 1 is 0.970 bits per heavy atom. The number of hydrogen-bond acceptors (Lipinski definition) is 3. The van der Waals surface area contributed by atoms with Crippen molar-refractivity contribution in [1.82, 2.24) is 0 Å². The van der Waals surface area contributed by atoms with Gasteiger partial charge in [0.15, 0.2) is 0 Å². The summed E-state index contributed by atoms with van der Waals surface area (Å²) in [5.74, 6) is -0.541. The van der Waals surface area contributed by atoms with Gasteiger partial charge < -0.3 is 20.6 Å². The molecule has 7 heteroatoms. The number of halogens is 1. The predicted octanol–water partition coefficient (Wildman–Crippen LogP) is 6.26. The predicted molar refractivity (Wildman–Crippen MR) is 133 cm³/mol. The first-order valence-electron chi connectivity index (χ1n) is 11.3. The number of carbonyl (C=O) groups excluding carboxylic acids is 1. The Hall–Kier alpha value is -3.09. The van der Waals surface area contributed by atoms with E-state index in [9.17, 15) is 19.1 Å². The molecule has 0 saturated carbocycles. The van der Waals surface area contributed by atoms with Crippen molar-refractivity contribution < 1.29 is 19.1 Å². The van der Waals surface area contributed by atoms with Crippen LogP contribution in [0.15, 0.2) is 36.4 Å². The monoisotopic (exact) mass is 457 g/mol. The zero-order chi connectivity index (χ0) is 24.9. The number of benzene rings is 2. The SMILES string of the molecule is Cc1cc(F)ccc1NC(=O)Nc1cc(C(C)(C)C(=O)O)ccc1N(CC(C)C)CC(C)C. The molecular formula is C26H36FN3O3. The third-order valence-corrected chi connectivity index (χ3v) is 5.45. The summed E-state index contributed by atoms with van der Waals surface area (Å²) < 4.78 is 13.4. The summed E-state index contributed by atoms with van der Waals surface area (Å²) in [4.78, 5) is 26.9. The molecule has 0 unspecified atom stereocenters. The second kappa shape index (κ2) is 10.7. The number of carbonyl (C=O) groups is 2. The van der Waals surface area contributed by atoms with Gasteiger partial charge in [-0.05, 0) is 74.1 Å². The Morgan fingerprint density at radius 2 is 1.55 bits per heavy atom. The molecule has 2 aromatic rings. The molecule has 0 fully saturated rings. The second-order valence-corrected chi connectivity index (χ2v) is 9.89. The van der Waals surface area contributed by atoms with Crippen molar-refractivity contribution in [3.8, 4) is 0 Å². The van der Waals surface area contributed by atoms with E-state index < -0.39 is 17.4 Å². The van der Waals surface area contributed by atoms with Crippen LogP contribution in [0.1, 0.15) is 52.7 Å². The highest BCUT2D eigenvalue weighted by Gasteiger charge is 2.30. The fourth-order valence-electron chi connectivity index (χ4n) is 3.62. The molecule has 0 bridgehead atoms.